The molecule has 0 spiro atoms. The van der Waals surface area contributed by atoms with Crippen LogP contribution < -0.4 is 11.5 Å². The number of benzene rings is 1. The van der Waals surface area contributed by atoms with Crippen molar-refractivity contribution in [3.63, 3.8) is 0 Å². The molecule has 0 saturated carbocycles. The number of fused-ring (bicyclic) bond motifs is 3. The first-order chi connectivity index (χ1) is 12.1. The lowest BCUT2D eigenvalue weighted by Gasteiger charge is -2.28. The third-order valence-electron chi connectivity index (χ3n) is 4.91. The Morgan fingerprint density at radius 3 is 2.88 bits per heavy atom. The van der Waals surface area contributed by atoms with E-state index in [1.165, 1.54) is 0 Å². The molecule has 2 heterocycles. The number of imidazole rings is 1. The van der Waals surface area contributed by atoms with Crippen LogP contribution >= 0.6 is 0 Å². The van der Waals surface area contributed by atoms with Gasteiger partial charge in [0.25, 0.3) is 0 Å². The number of hydrogen-bond acceptors (Lipinski definition) is 4. The Morgan fingerprint density at radius 2 is 2.12 bits per heavy atom. The third kappa shape index (κ3) is 2.46. The second kappa shape index (κ2) is 5.73. The number of aromatic nitrogens is 3. The van der Waals surface area contributed by atoms with E-state index < -0.39 is 5.41 Å². The van der Waals surface area contributed by atoms with E-state index in [1.807, 2.05) is 53.1 Å². The van der Waals surface area contributed by atoms with Crippen LogP contribution in [0.15, 0.2) is 54.9 Å². The van der Waals surface area contributed by atoms with Gasteiger partial charge in [0.2, 0.25) is 5.91 Å². The van der Waals surface area contributed by atoms with E-state index in [-0.39, 0.29) is 5.91 Å². The van der Waals surface area contributed by atoms with Gasteiger partial charge in [-0.25, -0.2) is 9.97 Å². The molecule has 0 fully saturated rings. The van der Waals surface area contributed by atoms with Crippen molar-refractivity contribution in [1.29, 1.82) is 0 Å². The summed E-state index contributed by atoms with van der Waals surface area (Å²) in [6.45, 7) is 0.616. The maximum atomic E-state index is 12.0. The monoisotopic (exact) mass is 333 g/mol. The molecule has 0 saturated heterocycles. The van der Waals surface area contributed by atoms with Crippen LogP contribution in [0.1, 0.15) is 12.8 Å². The Hall–Kier alpha value is -3.15. The molecule has 6 heteroatoms. The zero-order valence-electron chi connectivity index (χ0n) is 13.7. The van der Waals surface area contributed by atoms with Gasteiger partial charge in [-0.15, -0.1) is 0 Å². The van der Waals surface area contributed by atoms with Gasteiger partial charge in [-0.3, -0.25) is 4.79 Å². The van der Waals surface area contributed by atoms with Crippen molar-refractivity contribution in [1.82, 2.24) is 14.5 Å². The highest BCUT2D eigenvalue weighted by Gasteiger charge is 2.33. The van der Waals surface area contributed by atoms with E-state index in [0.29, 0.717) is 30.7 Å². The average Bonchev–Trinajstić information content (AvgIpc) is 3.06. The summed E-state index contributed by atoms with van der Waals surface area (Å²) in [5.74, 6) is 0.112. The molecule has 6 nitrogen and oxygen atoms in total. The first-order valence-electron chi connectivity index (χ1n) is 8.24. The number of para-hydroxylation sites is 1. The molecule has 1 amide bonds. The number of nitrogen functional groups attached to an aromatic ring is 1. The molecule has 1 aromatic carbocycles. The van der Waals surface area contributed by atoms with Gasteiger partial charge in [0.15, 0.2) is 5.82 Å². The van der Waals surface area contributed by atoms with Crippen LogP contribution in [0.4, 0.5) is 5.82 Å². The summed E-state index contributed by atoms with van der Waals surface area (Å²) in [5, 5.41) is 0.997. The largest absolute Gasteiger partial charge is 0.382 e. The van der Waals surface area contributed by atoms with Gasteiger partial charge in [0, 0.05) is 11.9 Å². The minimum absolute atomic E-state index is 0.302. The minimum atomic E-state index is -0.653. The zero-order chi connectivity index (χ0) is 17.4. The Bertz CT molecular complexity index is 1030. The fourth-order valence-corrected chi connectivity index (χ4v) is 3.45. The maximum Gasteiger partial charge on any atom is 0.227 e. The predicted octanol–water partition coefficient (Wildman–Crippen LogP) is 2.54. The first-order valence-corrected chi connectivity index (χ1v) is 8.24. The van der Waals surface area contributed by atoms with E-state index >= 15 is 0 Å². The molecular formula is C19H19N5O. The molecule has 126 valence electrons. The molecular weight excluding hydrogens is 314 g/mol. The summed E-state index contributed by atoms with van der Waals surface area (Å²) in [6, 6.07) is 7.84. The minimum Gasteiger partial charge on any atom is -0.382 e. The number of amides is 1. The highest BCUT2D eigenvalue weighted by atomic mass is 16.1. The number of carbonyl (C=O) groups is 1. The van der Waals surface area contributed by atoms with Crippen molar-refractivity contribution in [2.45, 2.75) is 19.4 Å². The van der Waals surface area contributed by atoms with Crippen molar-refractivity contribution in [3.8, 4) is 0 Å². The van der Waals surface area contributed by atoms with Crippen molar-refractivity contribution in [2.75, 3.05) is 5.73 Å². The lowest BCUT2D eigenvalue weighted by atomic mass is 9.78. The van der Waals surface area contributed by atoms with Crippen LogP contribution in [0.25, 0.3) is 21.9 Å². The number of hydrogen-bond donors (Lipinski definition) is 2. The molecule has 4 N–H and O–H groups in total. The van der Waals surface area contributed by atoms with Crippen LogP contribution in [0.3, 0.4) is 0 Å². The lowest BCUT2D eigenvalue weighted by molar-refractivity contribution is -0.125. The van der Waals surface area contributed by atoms with Crippen molar-refractivity contribution >= 4 is 33.7 Å². The van der Waals surface area contributed by atoms with Crippen LogP contribution in [-0.4, -0.2) is 20.4 Å². The van der Waals surface area contributed by atoms with Gasteiger partial charge in [-0.05, 0) is 18.9 Å². The number of carbonyl (C=O) groups excluding carboxylic acids is 1. The van der Waals surface area contributed by atoms with Gasteiger partial charge in [-0.1, -0.05) is 42.5 Å². The first kappa shape index (κ1) is 15.4. The van der Waals surface area contributed by atoms with Crippen LogP contribution in [0.2, 0.25) is 0 Å². The van der Waals surface area contributed by atoms with E-state index in [1.54, 1.807) is 6.33 Å². The molecule has 25 heavy (non-hydrogen) atoms. The standard InChI is InChI=1S/C19H19N5O/c20-17-15-16(13-6-2-3-7-14(13)23-17)24(12-22-15)11-10-19(18(21)25)8-4-1-5-9-19/h1-8,12H,9-11H2,(H2,20,23)(H2,21,25). The molecule has 1 unspecified atom stereocenters. The molecule has 1 atom stereocenters. The van der Waals surface area contributed by atoms with Crippen LogP contribution in [0.5, 0.6) is 0 Å². The van der Waals surface area contributed by atoms with Gasteiger partial charge < -0.3 is 16.0 Å². The summed E-state index contributed by atoms with van der Waals surface area (Å²) in [6.07, 6.45) is 10.7. The Balaban J connectivity index is 1.76. The molecule has 3 aromatic rings. The Labute approximate surface area is 144 Å². The molecule has 1 aliphatic carbocycles. The maximum absolute atomic E-state index is 12.0. The summed E-state index contributed by atoms with van der Waals surface area (Å²) in [4.78, 5) is 20.9. The van der Waals surface area contributed by atoms with Gasteiger partial charge >= 0.3 is 0 Å². The fraction of sp³-hybridized carbons (Fsp3) is 0.211. The van der Waals surface area contributed by atoms with Crippen molar-refractivity contribution in [3.05, 3.63) is 54.9 Å². The van der Waals surface area contributed by atoms with E-state index in [4.69, 9.17) is 11.5 Å². The van der Waals surface area contributed by atoms with E-state index in [2.05, 4.69) is 9.97 Å². The summed E-state index contributed by atoms with van der Waals surface area (Å²) >= 11 is 0. The molecule has 1 aliphatic rings. The number of pyridine rings is 1. The van der Waals surface area contributed by atoms with E-state index in [9.17, 15) is 4.79 Å². The smallest absolute Gasteiger partial charge is 0.227 e. The van der Waals surface area contributed by atoms with Gasteiger partial charge in [-0.2, -0.15) is 0 Å². The molecule has 2 aromatic heterocycles. The van der Waals surface area contributed by atoms with Crippen molar-refractivity contribution < 1.29 is 4.79 Å². The number of aryl methyl sites for hydroxylation is 1. The van der Waals surface area contributed by atoms with Gasteiger partial charge in [0.1, 0.15) is 5.52 Å². The molecule has 0 radical (unpaired) electrons. The fourth-order valence-electron chi connectivity index (χ4n) is 3.45. The number of nitrogens with two attached hydrogens (primary N) is 2. The van der Waals surface area contributed by atoms with E-state index in [0.717, 1.165) is 16.4 Å². The summed E-state index contributed by atoms with van der Waals surface area (Å²) in [7, 11) is 0. The second-order valence-corrected chi connectivity index (χ2v) is 6.41. The number of anilines is 1. The SMILES string of the molecule is NC(=O)C1(CCn2cnc3c(N)nc4ccccc4c32)C=CC=CC1. The molecule has 4 rings (SSSR count). The van der Waals surface area contributed by atoms with Crippen molar-refractivity contribution in [2.24, 2.45) is 11.1 Å². The number of allylic oxidation sites excluding steroid dienone is 3. The predicted molar refractivity (Wildman–Crippen MR) is 98.6 cm³/mol. The Morgan fingerprint density at radius 1 is 1.28 bits per heavy atom. The highest BCUT2D eigenvalue weighted by Crippen LogP contribution is 2.33. The number of nitrogens with zero attached hydrogens (tertiary/aromatic N) is 3. The Kier molecular flexibility index (Phi) is 3.53. The van der Waals surface area contributed by atoms with Gasteiger partial charge in [0.05, 0.1) is 22.8 Å². The molecule has 0 aliphatic heterocycles. The lowest BCUT2D eigenvalue weighted by Crippen LogP contribution is -2.36. The molecule has 0 bridgehead atoms. The summed E-state index contributed by atoms with van der Waals surface area (Å²) in [5.41, 5.74) is 13.6. The summed E-state index contributed by atoms with van der Waals surface area (Å²) < 4.78 is 2.03. The third-order valence-corrected chi connectivity index (χ3v) is 4.91. The number of primary amides is 1. The quantitative estimate of drug-likeness (QED) is 0.766. The van der Waals surface area contributed by atoms with Crippen LogP contribution in [-0.2, 0) is 11.3 Å². The second-order valence-electron chi connectivity index (χ2n) is 6.41. The van der Waals surface area contributed by atoms with Crippen LogP contribution in [0, 0.1) is 5.41 Å². The number of rotatable bonds is 4. The average molecular weight is 333 g/mol. The normalized spacial score (nSPS) is 19.7. The zero-order valence-corrected chi connectivity index (χ0v) is 13.7. The highest BCUT2D eigenvalue weighted by molar-refractivity contribution is 6.06. The topological polar surface area (TPSA) is 99.8 Å².